The van der Waals surface area contributed by atoms with E-state index in [1.807, 2.05) is 20.8 Å². The Balaban J connectivity index is 3.16. The third kappa shape index (κ3) is 3.84. The van der Waals surface area contributed by atoms with Gasteiger partial charge in [-0.1, -0.05) is 6.92 Å². The van der Waals surface area contributed by atoms with Gasteiger partial charge in [0.1, 0.15) is 0 Å². The number of sulfonamides is 1. The highest BCUT2D eigenvalue weighted by atomic mass is 32.2. The highest BCUT2D eigenvalue weighted by Gasteiger charge is 2.25. The summed E-state index contributed by atoms with van der Waals surface area (Å²) in [7, 11) is -0.599. The van der Waals surface area contributed by atoms with Gasteiger partial charge in [-0.2, -0.15) is 0 Å². The number of rotatable bonds is 6. The molecule has 0 bridgehead atoms. The molecular weight excluding hydrogens is 266 g/mol. The summed E-state index contributed by atoms with van der Waals surface area (Å²) in [6.07, 6.45) is 0.694. The number of ether oxygens (including phenoxy) is 2. The van der Waals surface area contributed by atoms with Gasteiger partial charge in [-0.3, -0.25) is 0 Å². The van der Waals surface area contributed by atoms with Gasteiger partial charge in [0.25, 0.3) is 0 Å². The van der Waals surface area contributed by atoms with Crippen molar-refractivity contribution in [1.82, 2.24) is 4.72 Å². The lowest BCUT2D eigenvalue weighted by atomic mass is 10.0. The minimum absolute atomic E-state index is 0.159. The maximum atomic E-state index is 12.3. The first kappa shape index (κ1) is 15.8. The molecule has 0 aromatic heterocycles. The van der Waals surface area contributed by atoms with E-state index in [0.717, 1.165) is 0 Å². The van der Waals surface area contributed by atoms with Crippen molar-refractivity contribution in [2.75, 3.05) is 14.2 Å². The fourth-order valence-electron chi connectivity index (χ4n) is 1.48. The predicted molar refractivity (Wildman–Crippen MR) is 74.2 cm³/mol. The van der Waals surface area contributed by atoms with Gasteiger partial charge < -0.3 is 9.47 Å². The van der Waals surface area contributed by atoms with E-state index in [-0.39, 0.29) is 4.90 Å². The molecule has 0 fully saturated rings. The zero-order chi connectivity index (χ0) is 14.7. The first-order chi connectivity index (χ1) is 8.75. The van der Waals surface area contributed by atoms with Crippen LogP contribution in [0, 0.1) is 0 Å². The van der Waals surface area contributed by atoms with Crippen molar-refractivity contribution in [2.45, 2.75) is 37.6 Å². The maximum absolute atomic E-state index is 12.3. The summed E-state index contributed by atoms with van der Waals surface area (Å²) in [5.41, 5.74) is -0.494. The van der Waals surface area contributed by atoms with Crippen LogP contribution in [0.4, 0.5) is 0 Å². The van der Waals surface area contributed by atoms with Crippen LogP contribution in [0.2, 0.25) is 0 Å². The van der Waals surface area contributed by atoms with Gasteiger partial charge in [-0.25, -0.2) is 13.1 Å². The summed E-state index contributed by atoms with van der Waals surface area (Å²) in [5, 5.41) is 0. The Bertz CT molecular complexity index is 538. The second kappa shape index (κ2) is 5.79. The zero-order valence-corrected chi connectivity index (χ0v) is 12.8. The Kier molecular flexibility index (Phi) is 4.81. The van der Waals surface area contributed by atoms with E-state index in [1.54, 1.807) is 6.07 Å². The van der Waals surface area contributed by atoms with Gasteiger partial charge in [0.05, 0.1) is 19.1 Å². The maximum Gasteiger partial charge on any atom is 0.241 e. The normalized spacial score (nSPS) is 12.3. The van der Waals surface area contributed by atoms with E-state index in [9.17, 15) is 8.42 Å². The molecule has 0 spiro atoms. The molecule has 0 amide bonds. The molecule has 0 radical (unpaired) electrons. The van der Waals surface area contributed by atoms with Crippen LogP contribution in [0.3, 0.4) is 0 Å². The van der Waals surface area contributed by atoms with Crippen molar-refractivity contribution in [1.29, 1.82) is 0 Å². The number of hydrogen-bond donors (Lipinski definition) is 1. The van der Waals surface area contributed by atoms with Gasteiger partial charge in [0.15, 0.2) is 11.5 Å². The van der Waals surface area contributed by atoms with E-state index < -0.39 is 15.6 Å². The predicted octanol–water partition coefficient (Wildman–Crippen LogP) is 2.17. The zero-order valence-electron chi connectivity index (χ0n) is 12.0. The molecule has 1 N–H and O–H groups in total. The van der Waals surface area contributed by atoms with Crippen molar-refractivity contribution >= 4 is 10.0 Å². The summed E-state index contributed by atoms with van der Waals surface area (Å²) < 4.78 is 37.4. The van der Waals surface area contributed by atoms with Gasteiger partial charge in [0.2, 0.25) is 10.0 Å². The topological polar surface area (TPSA) is 64.6 Å². The number of hydrogen-bond acceptors (Lipinski definition) is 4. The molecule has 0 atom stereocenters. The lowest BCUT2D eigenvalue weighted by molar-refractivity contribution is 0.353. The molecule has 1 rings (SSSR count). The Morgan fingerprint density at radius 2 is 1.74 bits per heavy atom. The quantitative estimate of drug-likeness (QED) is 0.871. The highest BCUT2D eigenvalue weighted by molar-refractivity contribution is 7.89. The Morgan fingerprint density at radius 1 is 1.16 bits per heavy atom. The molecule has 0 aliphatic rings. The average Bonchev–Trinajstić information content (AvgIpc) is 2.36. The molecule has 0 saturated heterocycles. The smallest absolute Gasteiger partial charge is 0.241 e. The summed E-state index contributed by atoms with van der Waals surface area (Å²) >= 11 is 0. The van der Waals surface area contributed by atoms with Crippen LogP contribution in [0.1, 0.15) is 27.2 Å². The molecule has 1 aromatic carbocycles. The monoisotopic (exact) mass is 287 g/mol. The minimum Gasteiger partial charge on any atom is -0.493 e. The largest absolute Gasteiger partial charge is 0.493 e. The van der Waals surface area contributed by atoms with Crippen molar-refractivity contribution in [3.8, 4) is 11.5 Å². The van der Waals surface area contributed by atoms with Crippen LogP contribution in [0.25, 0.3) is 0 Å². The van der Waals surface area contributed by atoms with E-state index in [4.69, 9.17) is 9.47 Å². The summed E-state index contributed by atoms with van der Waals surface area (Å²) in [5.74, 6) is 0.885. The molecule has 0 unspecified atom stereocenters. The molecule has 0 aliphatic heterocycles. The van der Waals surface area contributed by atoms with Crippen LogP contribution in [0.15, 0.2) is 23.1 Å². The molecule has 0 aliphatic carbocycles. The van der Waals surface area contributed by atoms with E-state index >= 15 is 0 Å². The van der Waals surface area contributed by atoms with Crippen molar-refractivity contribution in [2.24, 2.45) is 0 Å². The van der Waals surface area contributed by atoms with Crippen molar-refractivity contribution < 1.29 is 17.9 Å². The summed E-state index contributed by atoms with van der Waals surface area (Å²) in [6, 6.07) is 4.52. The highest BCUT2D eigenvalue weighted by Crippen LogP contribution is 2.29. The van der Waals surface area contributed by atoms with Gasteiger partial charge in [-0.05, 0) is 32.4 Å². The van der Waals surface area contributed by atoms with Crippen LogP contribution < -0.4 is 14.2 Å². The number of nitrogens with one attached hydrogen (secondary N) is 1. The lowest BCUT2D eigenvalue weighted by Gasteiger charge is -2.24. The number of benzene rings is 1. The Labute approximate surface area is 115 Å². The number of methoxy groups -OCH3 is 2. The second-order valence-corrected chi connectivity index (χ2v) is 6.54. The lowest BCUT2D eigenvalue weighted by Crippen LogP contribution is -2.42. The third-order valence-corrected chi connectivity index (χ3v) is 4.66. The van der Waals surface area contributed by atoms with Gasteiger partial charge in [0, 0.05) is 11.6 Å². The Morgan fingerprint density at radius 3 is 2.21 bits per heavy atom. The van der Waals surface area contributed by atoms with E-state index in [0.29, 0.717) is 17.9 Å². The van der Waals surface area contributed by atoms with Crippen molar-refractivity contribution in [3.63, 3.8) is 0 Å². The third-order valence-electron chi connectivity index (χ3n) is 2.96. The van der Waals surface area contributed by atoms with Crippen molar-refractivity contribution in [3.05, 3.63) is 18.2 Å². The minimum atomic E-state index is -3.57. The standard InChI is InChI=1S/C13H21NO4S/c1-6-13(2,3)14-19(15,16)10-7-8-11(17-4)12(9-10)18-5/h7-9,14H,6H2,1-5H3. The first-order valence-corrected chi connectivity index (χ1v) is 7.50. The van der Waals surface area contributed by atoms with Crippen LogP contribution in [0.5, 0.6) is 11.5 Å². The fraction of sp³-hybridized carbons (Fsp3) is 0.538. The second-order valence-electron chi connectivity index (χ2n) is 4.86. The molecular formula is C13H21NO4S. The average molecular weight is 287 g/mol. The molecule has 0 saturated carbocycles. The van der Waals surface area contributed by atoms with Gasteiger partial charge >= 0.3 is 0 Å². The first-order valence-electron chi connectivity index (χ1n) is 6.02. The van der Waals surface area contributed by atoms with Crippen LogP contribution in [-0.2, 0) is 10.0 Å². The Hall–Kier alpha value is -1.27. The molecule has 5 nitrogen and oxygen atoms in total. The summed E-state index contributed by atoms with van der Waals surface area (Å²) in [4.78, 5) is 0.159. The molecule has 19 heavy (non-hydrogen) atoms. The molecule has 0 heterocycles. The fourth-order valence-corrected chi connectivity index (χ4v) is 2.98. The molecule has 108 valence electrons. The van der Waals surface area contributed by atoms with Gasteiger partial charge in [-0.15, -0.1) is 0 Å². The SMILES string of the molecule is CCC(C)(C)NS(=O)(=O)c1ccc(OC)c(OC)c1. The molecule has 6 heteroatoms. The molecule has 1 aromatic rings. The summed E-state index contributed by atoms with van der Waals surface area (Å²) in [6.45, 7) is 5.60. The van der Waals surface area contributed by atoms with Crippen LogP contribution in [-0.4, -0.2) is 28.2 Å². The van der Waals surface area contributed by atoms with Crippen LogP contribution >= 0.6 is 0 Å². The van der Waals surface area contributed by atoms with E-state index in [1.165, 1.54) is 26.4 Å². The van der Waals surface area contributed by atoms with E-state index in [2.05, 4.69) is 4.72 Å².